The second-order valence-electron chi connectivity index (χ2n) is 2.43. The zero-order chi connectivity index (χ0) is 9.56. The predicted octanol–water partition coefficient (Wildman–Crippen LogP) is 0.461. The van der Waals surface area contributed by atoms with Gasteiger partial charge in [0.2, 0.25) is 0 Å². The molecule has 0 heterocycles. The smallest absolute Gasteiger partial charge is 0.303 e. The summed E-state index contributed by atoms with van der Waals surface area (Å²) in [4.78, 5) is 10.4. The summed E-state index contributed by atoms with van der Waals surface area (Å²) in [5.41, 5.74) is 0. The van der Waals surface area contributed by atoms with Crippen LogP contribution in [0.4, 0.5) is 0 Å². The summed E-state index contributed by atoms with van der Waals surface area (Å²) >= 11 is 0. The number of hydrogen-bond donors (Lipinski definition) is 1. The molecule has 0 bridgehead atoms. The van der Waals surface area contributed by atoms with Crippen LogP contribution in [-0.4, -0.2) is 30.4 Å². The van der Waals surface area contributed by atoms with E-state index in [4.69, 9.17) is 14.6 Å². The average Bonchev–Trinajstić information content (AvgIpc) is 1.97. The van der Waals surface area contributed by atoms with Gasteiger partial charge in [0, 0.05) is 6.92 Å². The molecule has 0 radical (unpaired) electrons. The van der Waals surface area contributed by atoms with Gasteiger partial charge in [0.15, 0.2) is 6.10 Å². The molecule has 0 aromatic carbocycles. The Hall–Kier alpha value is -1.03. The molecule has 0 saturated heterocycles. The van der Waals surface area contributed by atoms with Gasteiger partial charge in [0.25, 0.3) is 0 Å². The van der Waals surface area contributed by atoms with Gasteiger partial charge in [-0.1, -0.05) is 6.58 Å². The fourth-order valence-electron chi connectivity index (χ4n) is 0.594. The molecule has 0 aromatic heterocycles. The van der Waals surface area contributed by atoms with E-state index in [1.165, 1.54) is 6.92 Å². The third-order valence-corrected chi connectivity index (χ3v) is 1.05. The predicted molar refractivity (Wildman–Crippen MR) is 43.4 cm³/mol. The van der Waals surface area contributed by atoms with E-state index in [1.807, 2.05) is 0 Å². The van der Waals surface area contributed by atoms with Gasteiger partial charge in [-0.15, -0.1) is 0 Å². The molecule has 0 aliphatic carbocycles. The van der Waals surface area contributed by atoms with E-state index >= 15 is 0 Å². The molecule has 1 N–H and O–H groups in total. The molecule has 0 amide bonds. The summed E-state index contributed by atoms with van der Waals surface area (Å²) in [5, 5.41) is 8.70. The number of hydrogen-bond acceptors (Lipinski definition) is 4. The Bertz CT molecular complexity index is 164. The zero-order valence-corrected chi connectivity index (χ0v) is 7.37. The normalized spacial score (nSPS) is 11.9. The summed E-state index contributed by atoms with van der Waals surface area (Å²) in [6, 6.07) is 0. The van der Waals surface area contributed by atoms with E-state index in [1.54, 1.807) is 6.92 Å². The number of carbonyl (C=O) groups excluding carboxylic acids is 1. The maximum absolute atomic E-state index is 10.4. The highest BCUT2D eigenvalue weighted by molar-refractivity contribution is 5.66. The van der Waals surface area contributed by atoms with Gasteiger partial charge in [0.05, 0.1) is 12.4 Å². The summed E-state index contributed by atoms with van der Waals surface area (Å²) < 4.78 is 9.66. The average molecular weight is 174 g/mol. The highest BCUT2D eigenvalue weighted by atomic mass is 16.6. The minimum absolute atomic E-state index is 0.144. The third-order valence-electron chi connectivity index (χ3n) is 1.05. The van der Waals surface area contributed by atoms with Crippen molar-refractivity contribution >= 4 is 5.97 Å². The molecule has 4 heteroatoms. The molecule has 0 aliphatic rings. The van der Waals surface area contributed by atoms with Crippen molar-refractivity contribution in [3.05, 3.63) is 12.3 Å². The van der Waals surface area contributed by atoms with Gasteiger partial charge < -0.3 is 14.6 Å². The molecular formula is C8H14O4. The van der Waals surface area contributed by atoms with Crippen LogP contribution >= 0.6 is 0 Å². The first-order chi connectivity index (χ1) is 5.56. The minimum Gasteiger partial charge on any atom is -0.495 e. The van der Waals surface area contributed by atoms with Crippen molar-refractivity contribution in [3.8, 4) is 0 Å². The summed E-state index contributed by atoms with van der Waals surface area (Å²) in [7, 11) is 0. The van der Waals surface area contributed by atoms with E-state index in [-0.39, 0.29) is 13.2 Å². The van der Waals surface area contributed by atoms with Crippen molar-refractivity contribution in [1.82, 2.24) is 0 Å². The quantitative estimate of drug-likeness (QED) is 0.486. The SMILES string of the molecule is C=C(C)OCC(CO)OC(C)=O. The van der Waals surface area contributed by atoms with E-state index in [0.29, 0.717) is 5.76 Å². The van der Waals surface area contributed by atoms with Crippen LogP contribution in [0.1, 0.15) is 13.8 Å². The first-order valence-corrected chi connectivity index (χ1v) is 3.62. The Morgan fingerprint density at radius 1 is 1.58 bits per heavy atom. The van der Waals surface area contributed by atoms with Crippen molar-refractivity contribution in [3.63, 3.8) is 0 Å². The molecule has 4 nitrogen and oxygen atoms in total. The first kappa shape index (κ1) is 11.0. The Labute approximate surface area is 71.8 Å². The molecule has 0 aliphatic heterocycles. The maximum atomic E-state index is 10.4. The van der Waals surface area contributed by atoms with Crippen molar-refractivity contribution in [2.75, 3.05) is 13.2 Å². The second kappa shape index (κ2) is 5.60. The fraction of sp³-hybridized carbons (Fsp3) is 0.625. The van der Waals surface area contributed by atoms with Crippen LogP contribution in [0, 0.1) is 0 Å². The second-order valence-corrected chi connectivity index (χ2v) is 2.43. The van der Waals surface area contributed by atoms with Crippen molar-refractivity contribution in [1.29, 1.82) is 0 Å². The number of ether oxygens (including phenoxy) is 2. The minimum atomic E-state index is -0.598. The van der Waals surface area contributed by atoms with Crippen molar-refractivity contribution in [2.24, 2.45) is 0 Å². The number of allylic oxidation sites excluding steroid dienone is 1. The lowest BCUT2D eigenvalue weighted by molar-refractivity contribution is -0.151. The Kier molecular flexibility index (Phi) is 5.12. The summed E-state index contributed by atoms with van der Waals surface area (Å²) in [6.07, 6.45) is -0.598. The van der Waals surface area contributed by atoms with E-state index < -0.39 is 12.1 Å². The van der Waals surface area contributed by atoms with Gasteiger partial charge in [-0.25, -0.2) is 0 Å². The van der Waals surface area contributed by atoms with E-state index in [2.05, 4.69) is 6.58 Å². The van der Waals surface area contributed by atoms with Crippen LogP contribution in [0.25, 0.3) is 0 Å². The van der Waals surface area contributed by atoms with E-state index in [0.717, 1.165) is 0 Å². The molecule has 12 heavy (non-hydrogen) atoms. The lowest BCUT2D eigenvalue weighted by atomic mass is 10.4. The number of carbonyl (C=O) groups is 1. The lowest BCUT2D eigenvalue weighted by Crippen LogP contribution is -2.25. The topological polar surface area (TPSA) is 55.8 Å². The largest absolute Gasteiger partial charge is 0.495 e. The van der Waals surface area contributed by atoms with Gasteiger partial charge in [0.1, 0.15) is 6.61 Å². The molecule has 0 aromatic rings. The first-order valence-electron chi connectivity index (χ1n) is 3.62. The summed E-state index contributed by atoms with van der Waals surface area (Å²) in [6.45, 7) is 6.36. The van der Waals surface area contributed by atoms with Crippen LogP contribution in [0.2, 0.25) is 0 Å². The third kappa shape index (κ3) is 5.73. The monoisotopic (exact) mass is 174 g/mol. The Balaban J connectivity index is 3.67. The molecule has 0 fully saturated rings. The molecular weight excluding hydrogens is 160 g/mol. The Morgan fingerprint density at radius 2 is 2.17 bits per heavy atom. The van der Waals surface area contributed by atoms with Crippen LogP contribution in [0.15, 0.2) is 12.3 Å². The maximum Gasteiger partial charge on any atom is 0.303 e. The molecule has 1 atom stereocenters. The van der Waals surface area contributed by atoms with Crippen LogP contribution < -0.4 is 0 Å². The molecule has 0 spiro atoms. The zero-order valence-electron chi connectivity index (χ0n) is 7.37. The van der Waals surface area contributed by atoms with Gasteiger partial charge in [-0.05, 0) is 6.92 Å². The van der Waals surface area contributed by atoms with Gasteiger partial charge >= 0.3 is 5.97 Å². The van der Waals surface area contributed by atoms with Crippen molar-refractivity contribution in [2.45, 2.75) is 20.0 Å². The van der Waals surface area contributed by atoms with E-state index in [9.17, 15) is 4.79 Å². The van der Waals surface area contributed by atoms with Gasteiger partial charge in [-0.2, -0.15) is 0 Å². The fourth-order valence-corrected chi connectivity index (χ4v) is 0.594. The Morgan fingerprint density at radius 3 is 2.50 bits per heavy atom. The number of rotatable bonds is 5. The molecule has 70 valence electrons. The number of aliphatic hydroxyl groups excluding tert-OH is 1. The van der Waals surface area contributed by atoms with Crippen LogP contribution in [-0.2, 0) is 14.3 Å². The lowest BCUT2D eigenvalue weighted by Gasteiger charge is -2.14. The van der Waals surface area contributed by atoms with Gasteiger partial charge in [-0.3, -0.25) is 4.79 Å². The van der Waals surface area contributed by atoms with Crippen molar-refractivity contribution < 1.29 is 19.4 Å². The standard InChI is InChI=1S/C8H14O4/c1-6(2)11-5-8(4-9)12-7(3)10/h8-9H,1,4-5H2,2-3H3. The number of aliphatic hydroxyl groups is 1. The number of esters is 1. The highest BCUT2D eigenvalue weighted by Gasteiger charge is 2.10. The molecule has 1 unspecified atom stereocenters. The summed E-state index contributed by atoms with van der Waals surface area (Å²) in [5.74, 6) is 0.0972. The van der Waals surface area contributed by atoms with Crippen LogP contribution in [0.5, 0.6) is 0 Å². The molecule has 0 rings (SSSR count). The molecule has 0 saturated carbocycles. The van der Waals surface area contributed by atoms with Crippen LogP contribution in [0.3, 0.4) is 0 Å². The highest BCUT2D eigenvalue weighted by Crippen LogP contribution is 1.97.